The van der Waals surface area contributed by atoms with Crippen molar-refractivity contribution < 1.29 is 4.79 Å². The van der Waals surface area contributed by atoms with Crippen LogP contribution in [0.4, 0.5) is 0 Å². The van der Waals surface area contributed by atoms with Crippen molar-refractivity contribution in [2.45, 2.75) is 18.9 Å². The minimum atomic E-state index is 0.0471. The van der Waals surface area contributed by atoms with Crippen LogP contribution in [0.2, 0.25) is 0 Å². The molecule has 1 fully saturated rings. The van der Waals surface area contributed by atoms with Crippen molar-refractivity contribution >= 4 is 5.91 Å². The van der Waals surface area contributed by atoms with Crippen LogP contribution in [0.5, 0.6) is 0 Å². The van der Waals surface area contributed by atoms with Crippen molar-refractivity contribution in [2.24, 2.45) is 0 Å². The van der Waals surface area contributed by atoms with Gasteiger partial charge >= 0.3 is 0 Å². The first-order chi connectivity index (χ1) is 10.3. The average Bonchev–Trinajstić information content (AvgIpc) is 3.04. The molecule has 104 valence electrons. The topological polar surface area (TPSA) is 44.1 Å². The number of nitriles is 1. The maximum absolute atomic E-state index is 12.7. The summed E-state index contributed by atoms with van der Waals surface area (Å²) in [4.78, 5) is 14.6. The van der Waals surface area contributed by atoms with Crippen LogP contribution in [0.15, 0.2) is 54.6 Å². The van der Waals surface area contributed by atoms with E-state index < -0.39 is 0 Å². The van der Waals surface area contributed by atoms with Gasteiger partial charge in [-0.2, -0.15) is 5.26 Å². The highest BCUT2D eigenvalue weighted by molar-refractivity contribution is 5.94. The molecule has 1 aliphatic heterocycles. The number of rotatable bonds is 2. The number of benzene rings is 2. The molecule has 3 nitrogen and oxygen atoms in total. The summed E-state index contributed by atoms with van der Waals surface area (Å²) in [6.07, 6.45) is 2.04. The maximum Gasteiger partial charge on any atom is 0.254 e. The summed E-state index contributed by atoms with van der Waals surface area (Å²) >= 11 is 0. The Hall–Kier alpha value is -2.60. The number of hydrogen-bond acceptors (Lipinski definition) is 2. The number of nitrogens with zero attached hydrogens (tertiary/aromatic N) is 2. The van der Waals surface area contributed by atoms with E-state index >= 15 is 0 Å². The van der Waals surface area contributed by atoms with E-state index in [-0.39, 0.29) is 11.9 Å². The lowest BCUT2D eigenvalue weighted by Crippen LogP contribution is -2.30. The van der Waals surface area contributed by atoms with Crippen molar-refractivity contribution in [2.75, 3.05) is 6.54 Å². The van der Waals surface area contributed by atoms with Crippen LogP contribution in [-0.2, 0) is 0 Å². The number of carbonyl (C=O) groups is 1. The third kappa shape index (κ3) is 2.66. The molecule has 0 N–H and O–H groups in total. The molecule has 0 aliphatic carbocycles. The van der Waals surface area contributed by atoms with Gasteiger partial charge in [0.2, 0.25) is 0 Å². The Bertz CT molecular complexity index is 671. The van der Waals surface area contributed by atoms with Gasteiger partial charge in [0.05, 0.1) is 17.7 Å². The van der Waals surface area contributed by atoms with E-state index in [0.29, 0.717) is 11.1 Å². The molecule has 1 unspecified atom stereocenters. The Balaban J connectivity index is 1.84. The van der Waals surface area contributed by atoms with Gasteiger partial charge in [0.25, 0.3) is 5.91 Å². The monoisotopic (exact) mass is 276 g/mol. The minimum Gasteiger partial charge on any atom is -0.332 e. The van der Waals surface area contributed by atoms with Gasteiger partial charge in [-0.3, -0.25) is 4.79 Å². The van der Waals surface area contributed by atoms with E-state index in [0.717, 1.165) is 19.4 Å². The number of likely N-dealkylation sites (tertiary alicyclic amines) is 1. The molecule has 0 aromatic heterocycles. The predicted octanol–water partition coefficient (Wildman–Crippen LogP) is 3.54. The van der Waals surface area contributed by atoms with Gasteiger partial charge in [-0.25, -0.2) is 0 Å². The van der Waals surface area contributed by atoms with Crippen molar-refractivity contribution in [1.82, 2.24) is 4.90 Å². The summed E-state index contributed by atoms with van der Waals surface area (Å²) in [5.74, 6) is 0.0471. The minimum absolute atomic E-state index is 0.0471. The summed E-state index contributed by atoms with van der Waals surface area (Å²) in [6, 6.07) is 19.3. The van der Waals surface area contributed by atoms with Crippen LogP contribution in [0, 0.1) is 11.3 Å². The molecule has 2 aromatic carbocycles. The standard InChI is InChI=1S/C18H16N2O/c19-13-14-8-10-16(11-9-14)18(21)20-12-4-7-17(20)15-5-2-1-3-6-15/h1-3,5-6,8-11,17H,4,7,12H2. The molecule has 1 saturated heterocycles. The molecule has 1 amide bonds. The van der Waals surface area contributed by atoms with E-state index in [1.54, 1.807) is 24.3 Å². The van der Waals surface area contributed by atoms with Crippen LogP contribution in [0.1, 0.15) is 40.4 Å². The summed E-state index contributed by atoms with van der Waals surface area (Å²) in [6.45, 7) is 0.790. The highest BCUT2D eigenvalue weighted by atomic mass is 16.2. The Morgan fingerprint density at radius 3 is 2.48 bits per heavy atom. The zero-order valence-corrected chi connectivity index (χ0v) is 11.7. The Kier molecular flexibility index (Phi) is 3.70. The maximum atomic E-state index is 12.7. The Labute approximate surface area is 124 Å². The fourth-order valence-corrected chi connectivity index (χ4v) is 2.88. The molecule has 3 rings (SSSR count). The molecule has 1 atom stereocenters. The SMILES string of the molecule is N#Cc1ccc(C(=O)N2CCCC2c2ccccc2)cc1. The molecular formula is C18H16N2O. The molecule has 3 heteroatoms. The number of carbonyl (C=O) groups excluding carboxylic acids is 1. The zero-order valence-electron chi connectivity index (χ0n) is 11.7. The van der Waals surface area contributed by atoms with E-state index in [4.69, 9.17) is 5.26 Å². The Morgan fingerprint density at radius 1 is 1.10 bits per heavy atom. The van der Waals surface area contributed by atoms with E-state index in [1.807, 2.05) is 23.1 Å². The van der Waals surface area contributed by atoms with Crippen molar-refractivity contribution in [1.29, 1.82) is 5.26 Å². The van der Waals surface area contributed by atoms with E-state index in [2.05, 4.69) is 18.2 Å². The average molecular weight is 276 g/mol. The van der Waals surface area contributed by atoms with E-state index in [9.17, 15) is 4.79 Å². The van der Waals surface area contributed by atoms with Crippen LogP contribution < -0.4 is 0 Å². The quantitative estimate of drug-likeness (QED) is 0.842. The summed E-state index contributed by atoms with van der Waals surface area (Å²) in [5.41, 5.74) is 2.42. The first kappa shape index (κ1) is 13.4. The number of amides is 1. The van der Waals surface area contributed by atoms with Gasteiger partial charge in [-0.05, 0) is 42.7 Å². The fraction of sp³-hybridized carbons (Fsp3) is 0.222. The second-order valence-corrected chi connectivity index (χ2v) is 5.26. The lowest BCUT2D eigenvalue weighted by molar-refractivity contribution is 0.0735. The first-order valence-corrected chi connectivity index (χ1v) is 7.15. The molecule has 0 spiro atoms. The third-order valence-corrected chi connectivity index (χ3v) is 3.96. The number of hydrogen-bond donors (Lipinski definition) is 0. The largest absolute Gasteiger partial charge is 0.332 e. The molecule has 0 saturated carbocycles. The van der Waals surface area contributed by atoms with Crippen LogP contribution in [0.25, 0.3) is 0 Å². The summed E-state index contributed by atoms with van der Waals surface area (Å²) in [7, 11) is 0. The van der Waals surface area contributed by atoms with Gasteiger partial charge in [-0.1, -0.05) is 30.3 Å². The van der Waals surface area contributed by atoms with E-state index in [1.165, 1.54) is 5.56 Å². The lowest BCUT2D eigenvalue weighted by atomic mass is 10.0. The highest BCUT2D eigenvalue weighted by Gasteiger charge is 2.30. The molecule has 21 heavy (non-hydrogen) atoms. The second kappa shape index (κ2) is 5.80. The fourth-order valence-electron chi connectivity index (χ4n) is 2.88. The van der Waals surface area contributed by atoms with Crippen molar-refractivity contribution in [3.8, 4) is 6.07 Å². The molecule has 0 radical (unpaired) electrons. The summed E-state index contributed by atoms with van der Waals surface area (Å²) in [5, 5.41) is 8.82. The van der Waals surface area contributed by atoms with Crippen LogP contribution in [0.3, 0.4) is 0 Å². The summed E-state index contributed by atoms with van der Waals surface area (Å²) < 4.78 is 0. The van der Waals surface area contributed by atoms with Crippen LogP contribution in [-0.4, -0.2) is 17.4 Å². The molecule has 2 aromatic rings. The van der Waals surface area contributed by atoms with Gasteiger partial charge < -0.3 is 4.90 Å². The molecule has 0 bridgehead atoms. The van der Waals surface area contributed by atoms with Crippen LogP contribution >= 0.6 is 0 Å². The predicted molar refractivity (Wildman–Crippen MR) is 80.6 cm³/mol. The third-order valence-electron chi connectivity index (χ3n) is 3.96. The molecular weight excluding hydrogens is 260 g/mol. The van der Waals surface area contributed by atoms with Gasteiger partial charge in [0, 0.05) is 12.1 Å². The molecule has 1 heterocycles. The van der Waals surface area contributed by atoms with Gasteiger partial charge in [0.1, 0.15) is 0 Å². The lowest BCUT2D eigenvalue weighted by Gasteiger charge is -2.25. The molecule has 1 aliphatic rings. The normalized spacial score (nSPS) is 17.5. The zero-order chi connectivity index (χ0) is 14.7. The highest BCUT2D eigenvalue weighted by Crippen LogP contribution is 2.32. The van der Waals surface area contributed by atoms with Crippen molar-refractivity contribution in [3.05, 3.63) is 71.3 Å². The Morgan fingerprint density at radius 2 is 1.81 bits per heavy atom. The van der Waals surface area contributed by atoms with Gasteiger partial charge in [0.15, 0.2) is 0 Å². The second-order valence-electron chi connectivity index (χ2n) is 5.26. The smallest absolute Gasteiger partial charge is 0.254 e. The first-order valence-electron chi connectivity index (χ1n) is 7.15. The van der Waals surface area contributed by atoms with Crippen molar-refractivity contribution in [3.63, 3.8) is 0 Å². The van der Waals surface area contributed by atoms with Gasteiger partial charge in [-0.15, -0.1) is 0 Å².